The van der Waals surface area contributed by atoms with Gasteiger partial charge in [-0.25, -0.2) is 0 Å². The van der Waals surface area contributed by atoms with Crippen LogP contribution in [0, 0.1) is 0 Å². The summed E-state index contributed by atoms with van der Waals surface area (Å²) in [7, 11) is 0. The predicted molar refractivity (Wildman–Crippen MR) is 177 cm³/mol. The number of nitrogens with two attached hydrogens (primary N) is 1. The zero-order valence-corrected chi connectivity index (χ0v) is 25.8. The molecule has 3 unspecified atom stereocenters. The van der Waals surface area contributed by atoms with Gasteiger partial charge in [-0.15, -0.1) is 0 Å². The number of rotatable bonds is 2. The second-order valence-corrected chi connectivity index (χ2v) is 13.2. The molecule has 0 amide bonds. The van der Waals surface area contributed by atoms with Gasteiger partial charge in [-0.05, 0) is 62.1 Å². The minimum atomic E-state index is -0.396. The van der Waals surface area contributed by atoms with Crippen molar-refractivity contribution < 1.29 is 18.4 Å². The van der Waals surface area contributed by atoms with Gasteiger partial charge >= 0.3 is 6.23 Å². The van der Waals surface area contributed by atoms with Crippen LogP contribution in [0.4, 0.5) is 0 Å². The molecule has 0 saturated carbocycles. The summed E-state index contributed by atoms with van der Waals surface area (Å²) >= 11 is 0. The van der Waals surface area contributed by atoms with Gasteiger partial charge in [0.15, 0.2) is 24.3 Å². The van der Waals surface area contributed by atoms with Crippen molar-refractivity contribution in [2.45, 2.75) is 49.9 Å². The van der Waals surface area contributed by atoms with E-state index in [4.69, 9.17) is 10.5 Å². The van der Waals surface area contributed by atoms with Crippen LogP contribution in [0.3, 0.4) is 0 Å². The van der Waals surface area contributed by atoms with Gasteiger partial charge in [0, 0.05) is 59.0 Å². The average molecular weight is 602 g/mol. The summed E-state index contributed by atoms with van der Waals surface area (Å²) in [6.45, 7) is 0. The van der Waals surface area contributed by atoms with Crippen LogP contribution >= 0.6 is 0 Å². The molecule has 5 heteroatoms. The van der Waals surface area contributed by atoms with Crippen molar-refractivity contribution >= 4 is 0 Å². The molecule has 3 aromatic heterocycles. The molecule has 0 saturated heterocycles. The summed E-state index contributed by atoms with van der Waals surface area (Å²) in [5, 5.41) is 0. The molecular formula is C41H37N4O+3. The van der Waals surface area contributed by atoms with Gasteiger partial charge in [-0.3, -0.25) is 0 Å². The molecular weight excluding hydrogens is 564 g/mol. The molecule has 224 valence electrons. The molecule has 0 radical (unpaired) electrons. The minimum Gasteiger partial charge on any atom is -0.428 e. The summed E-state index contributed by atoms with van der Waals surface area (Å²) in [6.07, 6.45) is 10.9. The van der Waals surface area contributed by atoms with Crippen molar-refractivity contribution in [3.8, 4) is 34.0 Å². The fourth-order valence-electron chi connectivity index (χ4n) is 8.06. The number of hydrogen-bond acceptors (Lipinski definition) is 2. The van der Waals surface area contributed by atoms with Gasteiger partial charge in [0.1, 0.15) is 11.3 Å². The molecule has 0 spiro atoms. The minimum absolute atomic E-state index is 0.218. The third-order valence-corrected chi connectivity index (χ3v) is 10.1. The average Bonchev–Trinajstić information content (AvgIpc) is 3.12. The van der Waals surface area contributed by atoms with Gasteiger partial charge < -0.3 is 10.5 Å². The highest BCUT2D eigenvalue weighted by Gasteiger charge is 2.48. The normalized spacial score (nSPS) is 20.8. The van der Waals surface area contributed by atoms with Crippen LogP contribution in [0.2, 0.25) is 0 Å². The van der Waals surface area contributed by atoms with Crippen LogP contribution in [0.15, 0.2) is 140 Å². The van der Waals surface area contributed by atoms with Crippen LogP contribution in [0.5, 0.6) is 5.75 Å². The Kier molecular flexibility index (Phi) is 6.35. The number of aryl methyl sites for hydroxylation is 1. The lowest BCUT2D eigenvalue weighted by Gasteiger charge is -2.30. The Morgan fingerprint density at radius 1 is 0.652 bits per heavy atom. The predicted octanol–water partition coefficient (Wildman–Crippen LogP) is 6.19. The molecule has 0 fully saturated rings. The van der Waals surface area contributed by atoms with E-state index in [-0.39, 0.29) is 12.3 Å². The molecule has 4 aliphatic rings. The Bertz CT molecular complexity index is 2110. The quantitative estimate of drug-likeness (QED) is 0.241. The standard InChI is InChI=1S/C41H37N4O/c42-41-23-10-12-31-11-8-9-24-43(31)40(46-32-13-2-1-3-14-32)39-34-16-5-4-15-33(34)37-21-19-29(25-41)27-44(37)36-18-7-6-17-35(36)38-22-20-30(26-41)28-45(38)39/h1-9,11,13-22,24,27-28,39-40H,10,12,23,25-26,42H2/q+3. The number of para-hydroxylation sites is 2. The number of pyridine rings is 3. The molecule has 46 heavy (non-hydrogen) atoms. The molecule has 7 heterocycles. The molecule has 10 rings (SSSR count). The van der Waals surface area contributed by atoms with E-state index in [1.807, 2.05) is 6.07 Å². The van der Waals surface area contributed by atoms with Crippen molar-refractivity contribution in [3.05, 3.63) is 162 Å². The van der Waals surface area contributed by atoms with E-state index in [1.54, 1.807) is 0 Å². The first-order chi connectivity index (χ1) is 22.6. The molecule has 2 N–H and O–H groups in total. The Labute approximate surface area is 269 Å². The summed E-state index contributed by atoms with van der Waals surface area (Å²) < 4.78 is 14.5. The van der Waals surface area contributed by atoms with Gasteiger partial charge in [0.05, 0.1) is 5.56 Å². The van der Waals surface area contributed by atoms with E-state index in [0.717, 1.165) is 54.9 Å². The molecule has 6 bridgehead atoms. The number of ether oxygens (including phenoxy) is 1. The van der Waals surface area contributed by atoms with Crippen LogP contribution in [-0.4, -0.2) is 5.54 Å². The lowest BCUT2D eigenvalue weighted by molar-refractivity contribution is -0.832. The van der Waals surface area contributed by atoms with E-state index >= 15 is 0 Å². The van der Waals surface area contributed by atoms with Gasteiger partial charge in [-0.2, -0.15) is 13.7 Å². The Balaban J connectivity index is 1.47. The van der Waals surface area contributed by atoms with Crippen molar-refractivity contribution in [1.29, 1.82) is 0 Å². The van der Waals surface area contributed by atoms with E-state index in [2.05, 4.69) is 148 Å². The third-order valence-electron chi connectivity index (χ3n) is 10.1. The SMILES string of the molecule is NC12CCCc3cccc[n+]3C(Oc3ccccc3)C3c4ccccc4-c4ccc(c[n+]4-c4ccccc4-c4ccc(c[n+]43)C1)C2. The van der Waals surface area contributed by atoms with E-state index < -0.39 is 5.54 Å². The fourth-order valence-corrected chi connectivity index (χ4v) is 8.06. The van der Waals surface area contributed by atoms with Crippen molar-refractivity contribution in [1.82, 2.24) is 0 Å². The van der Waals surface area contributed by atoms with E-state index in [1.165, 1.54) is 33.5 Å². The van der Waals surface area contributed by atoms with Crippen LogP contribution < -0.4 is 24.2 Å². The molecule has 3 atom stereocenters. The van der Waals surface area contributed by atoms with Gasteiger partial charge in [0.2, 0.25) is 17.1 Å². The summed E-state index contributed by atoms with van der Waals surface area (Å²) in [5.74, 6) is 0.844. The van der Waals surface area contributed by atoms with Crippen LogP contribution in [-0.2, 0) is 19.3 Å². The Morgan fingerprint density at radius 3 is 2.24 bits per heavy atom. The molecule has 5 nitrogen and oxygen atoms in total. The van der Waals surface area contributed by atoms with Gasteiger partial charge in [-0.1, -0.05) is 54.6 Å². The topological polar surface area (TPSA) is 46.9 Å². The lowest BCUT2D eigenvalue weighted by Crippen LogP contribution is -2.58. The number of benzene rings is 3. The highest BCUT2D eigenvalue weighted by atomic mass is 16.5. The highest BCUT2D eigenvalue weighted by molar-refractivity contribution is 5.69. The zero-order chi connectivity index (χ0) is 30.7. The van der Waals surface area contributed by atoms with Crippen molar-refractivity contribution in [3.63, 3.8) is 0 Å². The first-order valence-electron chi connectivity index (χ1n) is 16.4. The van der Waals surface area contributed by atoms with Gasteiger partial charge in [0.25, 0.3) is 6.04 Å². The van der Waals surface area contributed by atoms with Crippen molar-refractivity contribution in [2.24, 2.45) is 5.73 Å². The summed E-state index contributed by atoms with van der Waals surface area (Å²) in [6, 6.07) is 43.5. The lowest BCUT2D eigenvalue weighted by atomic mass is 9.81. The number of hydrogen-bond donors (Lipinski definition) is 1. The largest absolute Gasteiger partial charge is 0.428 e. The van der Waals surface area contributed by atoms with Crippen LogP contribution in [0.1, 0.15) is 47.5 Å². The second kappa shape index (κ2) is 10.7. The Morgan fingerprint density at radius 2 is 1.37 bits per heavy atom. The van der Waals surface area contributed by atoms with E-state index in [9.17, 15) is 0 Å². The fraction of sp³-hybridized carbons (Fsp3) is 0.195. The number of fused-ring (bicyclic) bond motifs is 5. The summed E-state index contributed by atoms with van der Waals surface area (Å²) in [4.78, 5) is 0. The molecule has 4 aliphatic heterocycles. The van der Waals surface area contributed by atoms with Crippen LogP contribution in [0.25, 0.3) is 28.2 Å². The maximum atomic E-state index is 7.49. The molecule has 6 aromatic rings. The summed E-state index contributed by atoms with van der Waals surface area (Å²) in [5.41, 5.74) is 17.9. The third kappa shape index (κ3) is 4.53. The monoisotopic (exact) mass is 601 g/mol. The first-order valence-corrected chi connectivity index (χ1v) is 16.4. The molecule has 0 aliphatic carbocycles. The van der Waals surface area contributed by atoms with Crippen molar-refractivity contribution in [2.75, 3.05) is 0 Å². The second-order valence-electron chi connectivity index (χ2n) is 13.2. The highest BCUT2D eigenvalue weighted by Crippen LogP contribution is 2.38. The molecule has 3 aromatic carbocycles. The maximum absolute atomic E-state index is 7.49. The van der Waals surface area contributed by atoms with E-state index in [0.29, 0.717) is 0 Å². The zero-order valence-electron chi connectivity index (χ0n) is 25.8. The first kappa shape index (κ1) is 27.2. The smallest absolute Gasteiger partial charge is 0.370 e. The number of aromatic nitrogens is 3. The number of nitrogens with zero attached hydrogens (tertiary/aromatic N) is 3. The Hall–Kier alpha value is -5.13. The maximum Gasteiger partial charge on any atom is 0.370 e.